The van der Waals surface area contributed by atoms with Crippen LogP contribution in [0.1, 0.15) is 12.5 Å². The molecular weight excluding hydrogens is 273 g/mol. The summed E-state index contributed by atoms with van der Waals surface area (Å²) in [5.74, 6) is -2.62. The Hall–Kier alpha value is -1.76. The molecule has 0 heterocycles. The second kappa shape index (κ2) is 6.98. The van der Waals surface area contributed by atoms with Crippen LogP contribution in [0.15, 0.2) is 24.3 Å². The number of carbonyl (C=O) groups is 2. The van der Waals surface area contributed by atoms with Crippen molar-refractivity contribution in [1.29, 1.82) is 0 Å². The summed E-state index contributed by atoms with van der Waals surface area (Å²) in [6.07, 6.45) is 0. The van der Waals surface area contributed by atoms with E-state index < -0.39 is 34.5 Å². The number of aliphatic carboxylic acids is 1. The van der Waals surface area contributed by atoms with Crippen molar-refractivity contribution in [1.82, 2.24) is 5.32 Å². The molecular formula is C12H14FNO4S. The van der Waals surface area contributed by atoms with Crippen LogP contribution in [0.25, 0.3) is 0 Å². The van der Waals surface area contributed by atoms with E-state index in [0.717, 1.165) is 0 Å². The minimum absolute atomic E-state index is 0.0873. The van der Waals surface area contributed by atoms with Gasteiger partial charge in [0.2, 0.25) is 5.91 Å². The quantitative estimate of drug-likeness (QED) is 0.805. The van der Waals surface area contributed by atoms with Gasteiger partial charge in [-0.2, -0.15) is 0 Å². The van der Waals surface area contributed by atoms with E-state index in [0.29, 0.717) is 0 Å². The molecule has 104 valence electrons. The van der Waals surface area contributed by atoms with Gasteiger partial charge in [0.05, 0.1) is 11.5 Å². The average Bonchev–Trinajstić information content (AvgIpc) is 2.30. The first-order valence-corrected chi connectivity index (χ1v) is 6.97. The summed E-state index contributed by atoms with van der Waals surface area (Å²) < 4.78 is 25.1. The Balaban J connectivity index is 2.65. The van der Waals surface area contributed by atoms with Crippen LogP contribution < -0.4 is 5.32 Å². The zero-order valence-electron chi connectivity index (χ0n) is 10.3. The molecule has 2 atom stereocenters. The average molecular weight is 287 g/mol. The summed E-state index contributed by atoms with van der Waals surface area (Å²) in [7, 11) is -1.58. The first-order valence-electron chi connectivity index (χ1n) is 5.48. The molecule has 0 saturated carbocycles. The van der Waals surface area contributed by atoms with E-state index in [9.17, 15) is 18.2 Å². The van der Waals surface area contributed by atoms with Gasteiger partial charge in [0, 0.05) is 23.3 Å². The van der Waals surface area contributed by atoms with Gasteiger partial charge in [-0.25, -0.2) is 9.18 Å². The third kappa shape index (κ3) is 5.17. The number of hydrogen-bond acceptors (Lipinski definition) is 3. The lowest BCUT2D eigenvalue weighted by Crippen LogP contribution is -2.43. The maximum absolute atomic E-state index is 13.3. The lowest BCUT2D eigenvalue weighted by molar-refractivity contribution is -0.140. The van der Waals surface area contributed by atoms with E-state index in [-0.39, 0.29) is 17.1 Å². The molecule has 1 amide bonds. The lowest BCUT2D eigenvalue weighted by atomic mass is 10.2. The van der Waals surface area contributed by atoms with Crippen LogP contribution in [-0.2, 0) is 26.1 Å². The zero-order chi connectivity index (χ0) is 14.4. The van der Waals surface area contributed by atoms with Crippen LogP contribution in [0.3, 0.4) is 0 Å². The molecule has 19 heavy (non-hydrogen) atoms. The van der Waals surface area contributed by atoms with Crippen LogP contribution in [0, 0.1) is 5.82 Å². The largest absolute Gasteiger partial charge is 0.480 e. The molecule has 1 unspecified atom stereocenters. The van der Waals surface area contributed by atoms with Crippen LogP contribution in [-0.4, -0.2) is 33.0 Å². The molecule has 1 aromatic rings. The Kier molecular flexibility index (Phi) is 5.62. The fourth-order valence-corrected chi connectivity index (χ4v) is 2.75. The maximum atomic E-state index is 13.3. The maximum Gasteiger partial charge on any atom is 0.327 e. The second-order valence-electron chi connectivity index (χ2n) is 3.93. The monoisotopic (exact) mass is 287 g/mol. The molecule has 0 aromatic heterocycles. The standard InChI is InChI=1S/C12H14FNO4S/c1-8(15)14-11(12(16)17)7-19(18)6-9-4-2-3-5-10(9)13/h2-5,11H,6-7H2,1H3,(H,14,15)(H,16,17)/t11-,19?/m0/s1. The highest BCUT2D eigenvalue weighted by molar-refractivity contribution is 7.84. The number of carboxylic acid groups (broad SMARTS) is 1. The van der Waals surface area contributed by atoms with Gasteiger partial charge in [-0.3, -0.25) is 9.00 Å². The Labute approximate surface area is 112 Å². The van der Waals surface area contributed by atoms with Gasteiger partial charge in [-0.15, -0.1) is 0 Å². The molecule has 0 saturated heterocycles. The van der Waals surface area contributed by atoms with E-state index in [4.69, 9.17) is 5.11 Å². The predicted octanol–water partition coefficient (Wildman–Crippen LogP) is 0.664. The summed E-state index contributed by atoms with van der Waals surface area (Å²) in [4.78, 5) is 21.7. The molecule has 2 N–H and O–H groups in total. The number of amides is 1. The van der Waals surface area contributed by atoms with Crippen LogP contribution in [0.4, 0.5) is 4.39 Å². The predicted molar refractivity (Wildman–Crippen MR) is 68.4 cm³/mol. The van der Waals surface area contributed by atoms with E-state index >= 15 is 0 Å². The number of hydrogen-bond donors (Lipinski definition) is 2. The Morgan fingerprint density at radius 1 is 1.42 bits per heavy atom. The normalized spacial score (nSPS) is 13.6. The molecule has 0 aliphatic rings. The Morgan fingerprint density at radius 3 is 2.58 bits per heavy atom. The molecule has 5 nitrogen and oxygen atoms in total. The van der Waals surface area contributed by atoms with Crippen molar-refractivity contribution >= 4 is 22.7 Å². The smallest absolute Gasteiger partial charge is 0.327 e. The molecule has 0 aliphatic heterocycles. The first kappa shape index (κ1) is 15.3. The lowest BCUT2D eigenvalue weighted by Gasteiger charge is -2.12. The van der Waals surface area contributed by atoms with Gasteiger partial charge < -0.3 is 10.4 Å². The van der Waals surface area contributed by atoms with E-state index in [1.807, 2.05) is 0 Å². The summed E-state index contributed by atoms with van der Waals surface area (Å²) in [5, 5.41) is 11.1. The second-order valence-corrected chi connectivity index (χ2v) is 5.44. The summed E-state index contributed by atoms with van der Waals surface area (Å²) >= 11 is 0. The summed E-state index contributed by atoms with van der Waals surface area (Å²) in [6, 6.07) is 4.62. The third-order valence-corrected chi connectivity index (χ3v) is 3.64. The van der Waals surface area contributed by atoms with Gasteiger partial charge in [-0.05, 0) is 6.07 Å². The molecule has 1 aromatic carbocycles. The van der Waals surface area contributed by atoms with Crippen molar-refractivity contribution in [2.75, 3.05) is 5.75 Å². The van der Waals surface area contributed by atoms with Gasteiger partial charge in [0.1, 0.15) is 11.9 Å². The highest BCUT2D eigenvalue weighted by Crippen LogP contribution is 2.09. The number of nitrogens with one attached hydrogen (secondary N) is 1. The molecule has 0 aliphatic carbocycles. The molecule has 0 fully saturated rings. The molecule has 0 bridgehead atoms. The van der Waals surface area contributed by atoms with Crippen LogP contribution in [0.5, 0.6) is 0 Å². The minimum Gasteiger partial charge on any atom is -0.480 e. The van der Waals surface area contributed by atoms with Crippen molar-refractivity contribution in [3.05, 3.63) is 35.6 Å². The van der Waals surface area contributed by atoms with E-state index in [1.54, 1.807) is 6.07 Å². The molecule has 0 spiro atoms. The molecule has 1 rings (SSSR count). The van der Waals surface area contributed by atoms with Gasteiger partial charge in [-0.1, -0.05) is 18.2 Å². The fourth-order valence-electron chi connectivity index (χ4n) is 1.45. The fraction of sp³-hybridized carbons (Fsp3) is 0.333. The van der Waals surface area contributed by atoms with Crippen molar-refractivity contribution < 1.29 is 23.3 Å². The summed E-state index contributed by atoms with van der Waals surface area (Å²) in [6.45, 7) is 1.18. The number of benzene rings is 1. The summed E-state index contributed by atoms with van der Waals surface area (Å²) in [5.41, 5.74) is 0.257. The van der Waals surface area contributed by atoms with E-state index in [2.05, 4.69) is 5.32 Å². The SMILES string of the molecule is CC(=O)N[C@@H](CS(=O)Cc1ccccc1F)C(=O)O. The first-order chi connectivity index (χ1) is 8.90. The molecule has 7 heteroatoms. The van der Waals surface area contributed by atoms with Gasteiger partial charge in [0.15, 0.2) is 0 Å². The topological polar surface area (TPSA) is 83.5 Å². The van der Waals surface area contributed by atoms with Gasteiger partial charge in [0.25, 0.3) is 0 Å². The van der Waals surface area contributed by atoms with Crippen LogP contribution in [0.2, 0.25) is 0 Å². The number of halogens is 1. The Bertz CT molecular complexity index is 506. The van der Waals surface area contributed by atoms with Crippen molar-refractivity contribution in [2.24, 2.45) is 0 Å². The number of carbonyl (C=O) groups excluding carboxylic acids is 1. The van der Waals surface area contributed by atoms with Crippen molar-refractivity contribution in [3.8, 4) is 0 Å². The highest BCUT2D eigenvalue weighted by Gasteiger charge is 2.21. The van der Waals surface area contributed by atoms with E-state index in [1.165, 1.54) is 25.1 Å². The highest BCUT2D eigenvalue weighted by atomic mass is 32.2. The molecule has 0 radical (unpaired) electrons. The zero-order valence-corrected chi connectivity index (χ0v) is 11.1. The third-order valence-electron chi connectivity index (χ3n) is 2.30. The minimum atomic E-state index is -1.58. The van der Waals surface area contributed by atoms with Gasteiger partial charge >= 0.3 is 5.97 Å². The number of rotatable bonds is 6. The Morgan fingerprint density at radius 2 is 2.05 bits per heavy atom. The van der Waals surface area contributed by atoms with Crippen molar-refractivity contribution in [3.63, 3.8) is 0 Å². The number of carboxylic acids is 1. The van der Waals surface area contributed by atoms with Crippen molar-refractivity contribution in [2.45, 2.75) is 18.7 Å². The van der Waals surface area contributed by atoms with Crippen LogP contribution >= 0.6 is 0 Å².